The number of anilines is 1. The van der Waals surface area contributed by atoms with Crippen molar-refractivity contribution in [2.75, 3.05) is 12.8 Å². The minimum atomic E-state index is -2.92. The van der Waals surface area contributed by atoms with Gasteiger partial charge in [-0.15, -0.1) is 0 Å². The Hall–Kier alpha value is -2.23. The number of nitriles is 1. The van der Waals surface area contributed by atoms with Crippen LogP contribution in [-0.4, -0.2) is 18.1 Å². The molecule has 0 aliphatic heterocycles. The number of carbonyl (C=O) groups excluding carboxylic acids is 1. The van der Waals surface area contributed by atoms with E-state index in [4.69, 9.17) is 11.0 Å². The average Bonchev–Trinajstić information content (AvgIpc) is 2.26. The van der Waals surface area contributed by atoms with Crippen molar-refractivity contribution in [1.82, 2.24) is 4.98 Å². The first-order valence-electron chi connectivity index (χ1n) is 4.07. The van der Waals surface area contributed by atoms with Gasteiger partial charge in [0.2, 0.25) is 0 Å². The lowest BCUT2D eigenvalue weighted by molar-refractivity contribution is 0.0601. The number of rotatable bonds is 2. The molecule has 0 amide bonds. The van der Waals surface area contributed by atoms with Crippen molar-refractivity contribution in [2.45, 2.75) is 6.43 Å². The highest BCUT2D eigenvalue weighted by molar-refractivity contribution is 5.98. The molecule has 1 aromatic heterocycles. The third kappa shape index (κ3) is 1.91. The minimum absolute atomic E-state index is 0.200. The monoisotopic (exact) mass is 227 g/mol. The van der Waals surface area contributed by atoms with Crippen LogP contribution in [0.25, 0.3) is 0 Å². The second-order valence-corrected chi connectivity index (χ2v) is 2.75. The van der Waals surface area contributed by atoms with Crippen LogP contribution in [-0.2, 0) is 4.74 Å². The number of hydrogen-bond donors (Lipinski definition) is 1. The molecule has 0 atom stereocenters. The maximum absolute atomic E-state index is 12.4. The molecule has 84 valence electrons. The Bertz CT molecular complexity index is 469. The van der Waals surface area contributed by atoms with Gasteiger partial charge in [-0.2, -0.15) is 5.26 Å². The Labute approximate surface area is 89.4 Å². The van der Waals surface area contributed by atoms with Crippen molar-refractivity contribution in [2.24, 2.45) is 0 Å². The van der Waals surface area contributed by atoms with Crippen molar-refractivity contribution in [1.29, 1.82) is 5.26 Å². The predicted molar refractivity (Wildman–Crippen MR) is 49.7 cm³/mol. The van der Waals surface area contributed by atoms with Gasteiger partial charge in [-0.1, -0.05) is 0 Å². The number of alkyl halides is 2. The fraction of sp³-hybridized carbons (Fsp3) is 0.222. The Balaban J connectivity index is 3.48. The van der Waals surface area contributed by atoms with E-state index in [-0.39, 0.29) is 11.1 Å². The molecule has 7 heteroatoms. The zero-order valence-corrected chi connectivity index (χ0v) is 8.20. The number of nitrogen functional groups attached to an aromatic ring is 1. The summed E-state index contributed by atoms with van der Waals surface area (Å²) < 4.78 is 29.2. The summed E-state index contributed by atoms with van der Waals surface area (Å²) in [7, 11) is 1.06. The zero-order valence-electron chi connectivity index (χ0n) is 8.20. The lowest BCUT2D eigenvalue weighted by Crippen LogP contribution is -2.12. The zero-order chi connectivity index (χ0) is 12.3. The third-order valence-electron chi connectivity index (χ3n) is 1.86. The summed E-state index contributed by atoms with van der Waals surface area (Å²) in [4.78, 5) is 14.6. The number of nitrogens with two attached hydrogens (primary N) is 1. The van der Waals surface area contributed by atoms with Crippen LogP contribution in [0.4, 0.5) is 14.5 Å². The summed E-state index contributed by atoms with van der Waals surface area (Å²) in [5.41, 5.74) is 3.50. The highest BCUT2D eigenvalue weighted by atomic mass is 19.3. The topological polar surface area (TPSA) is 89.0 Å². The number of halogens is 2. The van der Waals surface area contributed by atoms with Crippen LogP contribution in [0.2, 0.25) is 0 Å². The number of pyridine rings is 1. The van der Waals surface area contributed by atoms with E-state index in [1.165, 1.54) is 0 Å². The molecule has 1 rings (SSSR count). The molecular formula is C9H7F2N3O2. The molecule has 16 heavy (non-hydrogen) atoms. The van der Waals surface area contributed by atoms with Gasteiger partial charge >= 0.3 is 5.97 Å². The van der Waals surface area contributed by atoms with Crippen molar-refractivity contribution in [3.05, 3.63) is 23.0 Å². The molecule has 0 aliphatic carbocycles. The molecule has 5 nitrogen and oxygen atoms in total. The van der Waals surface area contributed by atoms with Crippen LogP contribution in [0.5, 0.6) is 0 Å². The van der Waals surface area contributed by atoms with E-state index >= 15 is 0 Å². The van der Waals surface area contributed by atoms with E-state index in [0.29, 0.717) is 0 Å². The Kier molecular flexibility index (Phi) is 3.35. The van der Waals surface area contributed by atoms with Crippen LogP contribution in [0, 0.1) is 11.3 Å². The van der Waals surface area contributed by atoms with Crippen molar-refractivity contribution >= 4 is 11.7 Å². The number of hydrogen-bond acceptors (Lipinski definition) is 5. The average molecular weight is 227 g/mol. The van der Waals surface area contributed by atoms with Crippen LogP contribution in [0.3, 0.4) is 0 Å². The molecule has 0 aliphatic rings. The Morgan fingerprint density at radius 3 is 2.75 bits per heavy atom. The summed E-state index contributed by atoms with van der Waals surface area (Å²) in [6, 6.07) is 1.63. The van der Waals surface area contributed by atoms with E-state index < -0.39 is 23.8 Å². The van der Waals surface area contributed by atoms with Crippen LogP contribution >= 0.6 is 0 Å². The van der Waals surface area contributed by atoms with Gasteiger partial charge < -0.3 is 10.5 Å². The van der Waals surface area contributed by atoms with Crippen molar-refractivity contribution in [3.8, 4) is 6.07 Å². The lowest BCUT2D eigenvalue weighted by Gasteiger charge is -2.09. The molecule has 0 bridgehead atoms. The van der Waals surface area contributed by atoms with E-state index in [0.717, 1.165) is 13.3 Å². The normalized spacial score (nSPS) is 9.94. The molecule has 2 N–H and O–H groups in total. The molecule has 0 aromatic carbocycles. The van der Waals surface area contributed by atoms with Gasteiger partial charge in [0.1, 0.15) is 17.3 Å². The molecular weight excluding hydrogens is 220 g/mol. The van der Waals surface area contributed by atoms with Gasteiger partial charge in [0.25, 0.3) is 6.43 Å². The molecule has 0 spiro atoms. The molecule has 1 heterocycles. The third-order valence-corrected chi connectivity index (χ3v) is 1.86. The summed E-state index contributed by atoms with van der Waals surface area (Å²) in [5, 5.41) is 8.68. The number of nitrogens with zero attached hydrogens (tertiary/aromatic N) is 2. The van der Waals surface area contributed by atoms with Crippen LogP contribution in [0.1, 0.15) is 28.0 Å². The largest absolute Gasteiger partial charge is 0.465 e. The number of esters is 1. The predicted octanol–water partition coefficient (Wildman–Crippen LogP) is 1.26. The molecule has 0 saturated carbocycles. The number of ether oxygens (including phenoxy) is 1. The van der Waals surface area contributed by atoms with Gasteiger partial charge in [-0.05, 0) is 0 Å². The standard InChI is InChI=1S/C9H7F2N3O2/c1-16-9(15)5-4(2-12)3-14-7(6(5)13)8(10)11/h3,8H,13H2,1H3. The first kappa shape index (κ1) is 11.8. The van der Waals surface area contributed by atoms with Crippen LogP contribution < -0.4 is 5.73 Å². The molecule has 1 aromatic rings. The maximum atomic E-state index is 12.4. The molecule has 0 saturated heterocycles. The maximum Gasteiger partial charge on any atom is 0.341 e. The van der Waals surface area contributed by atoms with E-state index in [9.17, 15) is 13.6 Å². The number of aromatic nitrogens is 1. The Morgan fingerprint density at radius 1 is 1.69 bits per heavy atom. The highest BCUT2D eigenvalue weighted by Crippen LogP contribution is 2.27. The first-order valence-corrected chi connectivity index (χ1v) is 4.07. The molecule has 0 radical (unpaired) electrons. The SMILES string of the molecule is COC(=O)c1c(C#N)cnc(C(F)F)c1N. The van der Waals surface area contributed by atoms with Gasteiger partial charge in [0, 0.05) is 6.20 Å². The summed E-state index contributed by atoms with van der Waals surface area (Å²) in [5.74, 6) is -0.946. The van der Waals surface area contributed by atoms with Gasteiger partial charge in [0.05, 0.1) is 18.4 Å². The smallest absolute Gasteiger partial charge is 0.341 e. The first-order chi connectivity index (χ1) is 7.52. The van der Waals surface area contributed by atoms with Crippen molar-refractivity contribution in [3.63, 3.8) is 0 Å². The van der Waals surface area contributed by atoms with Gasteiger partial charge in [0.15, 0.2) is 0 Å². The number of methoxy groups -OCH3 is 1. The second-order valence-electron chi connectivity index (χ2n) is 2.75. The number of carbonyl (C=O) groups is 1. The highest BCUT2D eigenvalue weighted by Gasteiger charge is 2.23. The quantitative estimate of drug-likeness (QED) is 0.768. The van der Waals surface area contributed by atoms with Crippen LogP contribution in [0.15, 0.2) is 6.20 Å². The summed E-state index contributed by atoms with van der Waals surface area (Å²) in [6.07, 6.45) is -2.06. The summed E-state index contributed by atoms with van der Waals surface area (Å²) in [6.45, 7) is 0. The lowest BCUT2D eigenvalue weighted by atomic mass is 10.1. The molecule has 0 fully saturated rings. The van der Waals surface area contributed by atoms with E-state index in [1.54, 1.807) is 6.07 Å². The van der Waals surface area contributed by atoms with Gasteiger partial charge in [-0.25, -0.2) is 13.6 Å². The second kappa shape index (κ2) is 4.53. The van der Waals surface area contributed by atoms with E-state index in [2.05, 4.69) is 9.72 Å². The molecule has 0 unspecified atom stereocenters. The minimum Gasteiger partial charge on any atom is -0.465 e. The van der Waals surface area contributed by atoms with Crippen molar-refractivity contribution < 1.29 is 18.3 Å². The fourth-order valence-corrected chi connectivity index (χ4v) is 1.12. The van der Waals surface area contributed by atoms with E-state index in [1.807, 2.05) is 0 Å². The summed E-state index contributed by atoms with van der Waals surface area (Å²) >= 11 is 0. The van der Waals surface area contributed by atoms with Gasteiger partial charge in [-0.3, -0.25) is 4.98 Å². The Morgan fingerprint density at radius 2 is 2.31 bits per heavy atom. The fourth-order valence-electron chi connectivity index (χ4n) is 1.12.